The van der Waals surface area contributed by atoms with Crippen molar-refractivity contribution in [2.75, 3.05) is 0 Å². The molecule has 4 aromatic rings. The molecule has 3 aromatic carbocycles. The van der Waals surface area contributed by atoms with Gasteiger partial charge in [0.25, 0.3) is 0 Å². The van der Waals surface area contributed by atoms with Crippen LogP contribution in [0.25, 0.3) is 11.0 Å². The van der Waals surface area contributed by atoms with Crippen LogP contribution in [-0.4, -0.2) is 12.1 Å². The van der Waals surface area contributed by atoms with Gasteiger partial charge in [-0.3, -0.25) is 4.79 Å². The number of hydrazone groups is 1. The first-order chi connectivity index (χ1) is 15.1. The number of rotatable bonds is 6. The van der Waals surface area contributed by atoms with Crippen LogP contribution in [0.4, 0.5) is 0 Å². The van der Waals surface area contributed by atoms with E-state index < -0.39 is 5.91 Å². The lowest BCUT2D eigenvalue weighted by Gasteiger charge is -2.07. The second-order valence-corrected chi connectivity index (χ2v) is 7.53. The number of furan rings is 1. The van der Waals surface area contributed by atoms with E-state index in [-0.39, 0.29) is 5.76 Å². The van der Waals surface area contributed by atoms with Crippen molar-refractivity contribution < 1.29 is 13.9 Å². The fourth-order valence-electron chi connectivity index (χ4n) is 2.91. The second kappa shape index (κ2) is 9.28. The zero-order valence-electron chi connectivity index (χ0n) is 16.2. The quantitative estimate of drug-likeness (QED) is 0.299. The Morgan fingerprint density at radius 1 is 1.13 bits per heavy atom. The molecule has 0 atom stereocenters. The third kappa shape index (κ3) is 5.00. The number of carbonyl (C=O) groups is 1. The van der Waals surface area contributed by atoms with Gasteiger partial charge >= 0.3 is 5.91 Å². The van der Waals surface area contributed by atoms with Gasteiger partial charge in [0.05, 0.1) is 17.8 Å². The predicted molar refractivity (Wildman–Crippen MR) is 121 cm³/mol. The fourth-order valence-corrected chi connectivity index (χ4v) is 3.29. The lowest BCUT2D eigenvalue weighted by atomic mass is 10.1. The van der Waals surface area contributed by atoms with Crippen LogP contribution in [0.2, 0.25) is 0 Å². The maximum Gasteiger partial charge on any atom is 0.307 e. The van der Waals surface area contributed by atoms with Crippen LogP contribution in [-0.2, 0) is 6.61 Å². The highest BCUT2D eigenvalue weighted by Crippen LogP contribution is 2.23. The number of nitriles is 1. The molecule has 0 aliphatic carbocycles. The Morgan fingerprint density at radius 3 is 2.74 bits per heavy atom. The van der Waals surface area contributed by atoms with Crippen LogP contribution < -0.4 is 10.2 Å². The van der Waals surface area contributed by atoms with E-state index >= 15 is 0 Å². The third-order valence-electron chi connectivity index (χ3n) is 4.49. The number of hydrogen-bond acceptors (Lipinski definition) is 5. The number of ether oxygens (including phenoxy) is 1. The summed E-state index contributed by atoms with van der Waals surface area (Å²) in [7, 11) is 0. The third-order valence-corrected chi connectivity index (χ3v) is 4.99. The van der Waals surface area contributed by atoms with E-state index in [0.29, 0.717) is 23.5 Å². The Kier molecular flexibility index (Phi) is 6.11. The average Bonchev–Trinajstić information content (AvgIpc) is 3.22. The van der Waals surface area contributed by atoms with Crippen LogP contribution in [0, 0.1) is 11.3 Å². The van der Waals surface area contributed by atoms with Crippen molar-refractivity contribution in [2.45, 2.75) is 6.61 Å². The molecule has 31 heavy (non-hydrogen) atoms. The van der Waals surface area contributed by atoms with E-state index in [1.165, 1.54) is 6.21 Å². The van der Waals surface area contributed by atoms with Gasteiger partial charge in [0.1, 0.15) is 17.9 Å². The van der Waals surface area contributed by atoms with Gasteiger partial charge in [0.15, 0.2) is 5.76 Å². The van der Waals surface area contributed by atoms with Gasteiger partial charge in [0.2, 0.25) is 0 Å². The fraction of sp³-hybridized carbons (Fsp3) is 0.0417. The summed E-state index contributed by atoms with van der Waals surface area (Å²) in [5, 5.41) is 13.9. The summed E-state index contributed by atoms with van der Waals surface area (Å²) in [4.78, 5) is 12.2. The molecule has 1 aromatic heterocycles. The van der Waals surface area contributed by atoms with Gasteiger partial charge < -0.3 is 9.15 Å². The molecule has 6 nitrogen and oxygen atoms in total. The topological polar surface area (TPSA) is 87.6 Å². The predicted octanol–water partition coefficient (Wildman–Crippen LogP) is 5.41. The van der Waals surface area contributed by atoms with E-state index in [9.17, 15) is 4.79 Å². The molecule has 7 heteroatoms. The number of benzene rings is 3. The molecule has 0 saturated carbocycles. The minimum absolute atomic E-state index is 0.187. The summed E-state index contributed by atoms with van der Waals surface area (Å²) < 4.78 is 12.2. The molecular formula is C24H16BrN3O3. The molecule has 0 bridgehead atoms. The summed E-state index contributed by atoms with van der Waals surface area (Å²) in [6, 6.07) is 23.9. The van der Waals surface area contributed by atoms with Gasteiger partial charge in [0, 0.05) is 15.4 Å². The Balaban J connectivity index is 1.34. The van der Waals surface area contributed by atoms with E-state index in [1.807, 2.05) is 42.5 Å². The van der Waals surface area contributed by atoms with E-state index in [4.69, 9.17) is 14.4 Å². The summed E-state index contributed by atoms with van der Waals surface area (Å²) in [5.74, 6) is 0.425. The molecule has 0 aliphatic heterocycles. The Labute approximate surface area is 186 Å². The van der Waals surface area contributed by atoms with Crippen LogP contribution in [0.1, 0.15) is 27.2 Å². The second-order valence-electron chi connectivity index (χ2n) is 6.62. The average molecular weight is 474 g/mol. The first kappa shape index (κ1) is 20.4. The van der Waals surface area contributed by atoms with Crippen molar-refractivity contribution in [3.63, 3.8) is 0 Å². The Hall–Kier alpha value is -3.89. The molecule has 0 radical (unpaired) electrons. The summed E-state index contributed by atoms with van der Waals surface area (Å²) in [5.41, 5.74) is 5.31. The molecule has 0 unspecified atom stereocenters. The van der Waals surface area contributed by atoms with Crippen LogP contribution >= 0.6 is 15.9 Å². The minimum Gasteiger partial charge on any atom is -0.489 e. The molecule has 0 saturated heterocycles. The summed E-state index contributed by atoms with van der Waals surface area (Å²) in [6.07, 6.45) is 1.53. The number of nitrogens with one attached hydrogen (secondary N) is 1. The van der Waals surface area contributed by atoms with Crippen molar-refractivity contribution >= 4 is 39.0 Å². The molecule has 152 valence electrons. The zero-order valence-corrected chi connectivity index (χ0v) is 17.8. The van der Waals surface area contributed by atoms with Gasteiger partial charge in [-0.25, -0.2) is 5.43 Å². The molecule has 0 aliphatic rings. The van der Waals surface area contributed by atoms with Crippen molar-refractivity contribution in [3.05, 3.63) is 99.7 Å². The molecule has 4 rings (SSSR count). The molecular weight excluding hydrogens is 458 g/mol. The van der Waals surface area contributed by atoms with Gasteiger partial charge in [-0.1, -0.05) is 34.1 Å². The minimum atomic E-state index is -0.431. The smallest absolute Gasteiger partial charge is 0.307 e. The monoisotopic (exact) mass is 473 g/mol. The molecule has 1 amide bonds. The van der Waals surface area contributed by atoms with Crippen molar-refractivity contribution in [1.29, 1.82) is 5.26 Å². The normalized spacial score (nSPS) is 10.8. The van der Waals surface area contributed by atoms with Crippen LogP contribution in [0.3, 0.4) is 0 Å². The molecule has 1 N–H and O–H groups in total. The van der Waals surface area contributed by atoms with Crippen molar-refractivity contribution in [1.82, 2.24) is 5.43 Å². The summed E-state index contributed by atoms with van der Waals surface area (Å²) >= 11 is 3.39. The molecule has 0 spiro atoms. The number of halogens is 1. The number of hydrogen-bond donors (Lipinski definition) is 1. The Bertz CT molecular complexity index is 1300. The molecule has 1 heterocycles. The van der Waals surface area contributed by atoms with E-state index in [1.54, 1.807) is 30.3 Å². The highest BCUT2D eigenvalue weighted by atomic mass is 79.9. The first-order valence-corrected chi connectivity index (χ1v) is 10.1. The van der Waals surface area contributed by atoms with Crippen LogP contribution in [0.5, 0.6) is 5.75 Å². The van der Waals surface area contributed by atoms with Crippen molar-refractivity contribution in [2.24, 2.45) is 5.10 Å². The maximum atomic E-state index is 12.2. The van der Waals surface area contributed by atoms with Crippen molar-refractivity contribution in [3.8, 4) is 11.8 Å². The lowest BCUT2D eigenvalue weighted by molar-refractivity contribution is 0.0929. The highest BCUT2D eigenvalue weighted by molar-refractivity contribution is 9.10. The highest BCUT2D eigenvalue weighted by Gasteiger charge is 2.11. The van der Waals surface area contributed by atoms with Crippen LogP contribution in [0.15, 0.2) is 86.8 Å². The number of nitrogens with zero attached hydrogens (tertiary/aromatic N) is 2. The number of amides is 1. The zero-order chi connectivity index (χ0) is 21.6. The number of fused-ring (bicyclic) bond motifs is 1. The first-order valence-electron chi connectivity index (χ1n) is 9.36. The Morgan fingerprint density at radius 2 is 1.94 bits per heavy atom. The van der Waals surface area contributed by atoms with Gasteiger partial charge in [-0.05, 0) is 60.2 Å². The van der Waals surface area contributed by atoms with E-state index in [0.717, 1.165) is 21.0 Å². The molecule has 0 fully saturated rings. The largest absolute Gasteiger partial charge is 0.489 e. The van der Waals surface area contributed by atoms with Gasteiger partial charge in [-0.15, -0.1) is 0 Å². The van der Waals surface area contributed by atoms with E-state index in [2.05, 4.69) is 32.5 Å². The number of carbonyl (C=O) groups excluding carboxylic acids is 1. The standard InChI is InChI=1S/C24H16BrN3O3/c25-20-7-10-22-19(11-20)12-23(31-22)24(29)28-27-14-16-5-8-21(9-6-16)30-15-18-4-2-1-3-17(18)13-26/h1-12,14H,15H2,(H,28,29)/b27-14+. The lowest BCUT2D eigenvalue weighted by Crippen LogP contribution is -2.16. The SMILES string of the molecule is N#Cc1ccccc1COc1ccc(/C=N/NC(=O)c2cc3cc(Br)ccc3o2)cc1. The van der Waals surface area contributed by atoms with Gasteiger partial charge in [-0.2, -0.15) is 10.4 Å². The maximum absolute atomic E-state index is 12.2. The summed E-state index contributed by atoms with van der Waals surface area (Å²) in [6.45, 7) is 0.307.